The fraction of sp³-hybridized carbons (Fsp3) is 0.647. The number of benzene rings is 1. The topological polar surface area (TPSA) is 0 Å². The van der Waals surface area contributed by atoms with Gasteiger partial charge in [0.05, 0.1) is 0 Å². The van der Waals surface area contributed by atoms with E-state index in [1.54, 1.807) is 11.1 Å². The summed E-state index contributed by atoms with van der Waals surface area (Å²) >= 11 is 0. The highest BCUT2D eigenvalue weighted by molar-refractivity contribution is 5.34. The third-order valence-electron chi connectivity index (χ3n) is 3.56. The minimum absolute atomic E-state index is 1.25. The molecule has 0 saturated carbocycles. The maximum Gasteiger partial charge on any atom is -0.0276 e. The van der Waals surface area contributed by atoms with Gasteiger partial charge in [-0.2, -0.15) is 0 Å². The molecule has 1 aromatic rings. The van der Waals surface area contributed by atoms with Gasteiger partial charge in [0.15, 0.2) is 0 Å². The molecule has 0 amide bonds. The van der Waals surface area contributed by atoms with Crippen LogP contribution in [0.15, 0.2) is 18.2 Å². The van der Waals surface area contributed by atoms with Gasteiger partial charge in [0.1, 0.15) is 0 Å². The predicted molar refractivity (Wildman–Crippen MR) is 77.6 cm³/mol. The Labute approximate surface area is 107 Å². The number of hydrogen-bond donors (Lipinski definition) is 0. The van der Waals surface area contributed by atoms with Crippen LogP contribution in [0.4, 0.5) is 0 Å². The number of aryl methyl sites for hydroxylation is 2. The molecule has 1 rings (SSSR count). The van der Waals surface area contributed by atoms with E-state index < -0.39 is 0 Å². The van der Waals surface area contributed by atoms with Crippen LogP contribution in [0.1, 0.15) is 69.1 Å². The maximum atomic E-state index is 2.33. The lowest BCUT2D eigenvalue weighted by Gasteiger charge is -2.11. The second-order valence-electron chi connectivity index (χ2n) is 5.13. The van der Waals surface area contributed by atoms with Crippen LogP contribution < -0.4 is 0 Å². The standard InChI is InChI=1S/C17H28/c1-4-6-7-8-9-13-16-14-10-12-15(3)17(16)11-5-2/h10,12,14H,4-9,11,13H2,1-3H3. The fourth-order valence-electron chi connectivity index (χ4n) is 2.52. The first-order valence-corrected chi connectivity index (χ1v) is 7.37. The first-order chi connectivity index (χ1) is 8.29. The Morgan fingerprint density at radius 2 is 1.59 bits per heavy atom. The van der Waals surface area contributed by atoms with Gasteiger partial charge in [-0.3, -0.25) is 0 Å². The minimum atomic E-state index is 1.25. The van der Waals surface area contributed by atoms with Gasteiger partial charge in [0.25, 0.3) is 0 Å². The van der Waals surface area contributed by atoms with Crippen molar-refractivity contribution in [2.24, 2.45) is 0 Å². The summed E-state index contributed by atoms with van der Waals surface area (Å²) in [6.07, 6.45) is 10.7. The van der Waals surface area contributed by atoms with Gasteiger partial charge in [-0.05, 0) is 42.9 Å². The summed E-state index contributed by atoms with van der Waals surface area (Å²) < 4.78 is 0. The van der Waals surface area contributed by atoms with E-state index in [2.05, 4.69) is 39.0 Å². The monoisotopic (exact) mass is 232 g/mol. The molecule has 0 nitrogen and oxygen atoms in total. The van der Waals surface area contributed by atoms with E-state index in [-0.39, 0.29) is 0 Å². The first-order valence-electron chi connectivity index (χ1n) is 7.37. The van der Waals surface area contributed by atoms with Crippen molar-refractivity contribution in [1.82, 2.24) is 0 Å². The summed E-state index contributed by atoms with van der Waals surface area (Å²) in [6.45, 7) is 6.81. The summed E-state index contributed by atoms with van der Waals surface area (Å²) in [5.41, 5.74) is 4.70. The lowest BCUT2D eigenvalue weighted by atomic mass is 9.94. The van der Waals surface area contributed by atoms with E-state index in [9.17, 15) is 0 Å². The van der Waals surface area contributed by atoms with Crippen LogP contribution in [-0.2, 0) is 12.8 Å². The SMILES string of the molecule is CCCCCCCc1cccc(C)c1CCC. The molecule has 0 heteroatoms. The Kier molecular flexibility index (Phi) is 7.00. The largest absolute Gasteiger partial charge is 0.0654 e. The van der Waals surface area contributed by atoms with Crippen molar-refractivity contribution in [3.05, 3.63) is 34.9 Å². The second kappa shape index (κ2) is 8.33. The van der Waals surface area contributed by atoms with Gasteiger partial charge in [-0.15, -0.1) is 0 Å². The number of hydrogen-bond acceptors (Lipinski definition) is 0. The zero-order chi connectivity index (χ0) is 12.5. The molecule has 0 aliphatic carbocycles. The van der Waals surface area contributed by atoms with E-state index >= 15 is 0 Å². The van der Waals surface area contributed by atoms with Gasteiger partial charge < -0.3 is 0 Å². The molecular weight excluding hydrogens is 204 g/mol. The van der Waals surface area contributed by atoms with E-state index in [0.717, 1.165) is 0 Å². The van der Waals surface area contributed by atoms with E-state index in [1.165, 1.54) is 56.9 Å². The summed E-state index contributed by atoms with van der Waals surface area (Å²) in [7, 11) is 0. The number of rotatable bonds is 8. The molecule has 0 spiro atoms. The highest BCUT2D eigenvalue weighted by Gasteiger charge is 2.04. The third-order valence-corrected chi connectivity index (χ3v) is 3.56. The van der Waals surface area contributed by atoms with Crippen molar-refractivity contribution in [2.45, 2.75) is 72.1 Å². The van der Waals surface area contributed by atoms with Gasteiger partial charge in [0.2, 0.25) is 0 Å². The average molecular weight is 232 g/mol. The lowest BCUT2D eigenvalue weighted by molar-refractivity contribution is 0.630. The van der Waals surface area contributed by atoms with Crippen LogP contribution in [-0.4, -0.2) is 0 Å². The molecule has 0 fully saturated rings. The van der Waals surface area contributed by atoms with Crippen LogP contribution in [0.25, 0.3) is 0 Å². The fourth-order valence-corrected chi connectivity index (χ4v) is 2.52. The van der Waals surface area contributed by atoms with Gasteiger partial charge in [-0.1, -0.05) is 64.2 Å². The molecule has 0 aliphatic rings. The molecule has 0 atom stereocenters. The van der Waals surface area contributed by atoms with Gasteiger partial charge >= 0.3 is 0 Å². The van der Waals surface area contributed by atoms with E-state index in [1.807, 2.05) is 0 Å². The normalized spacial score (nSPS) is 10.8. The van der Waals surface area contributed by atoms with Crippen molar-refractivity contribution in [1.29, 1.82) is 0 Å². The molecule has 0 unspecified atom stereocenters. The van der Waals surface area contributed by atoms with Crippen molar-refractivity contribution < 1.29 is 0 Å². The molecule has 1 aromatic carbocycles. The van der Waals surface area contributed by atoms with Crippen LogP contribution >= 0.6 is 0 Å². The predicted octanol–water partition coefficient (Wildman–Crippen LogP) is 5.46. The minimum Gasteiger partial charge on any atom is -0.0654 e. The Morgan fingerprint density at radius 3 is 2.29 bits per heavy atom. The molecule has 0 N–H and O–H groups in total. The summed E-state index contributed by atoms with van der Waals surface area (Å²) in [4.78, 5) is 0. The van der Waals surface area contributed by atoms with Crippen molar-refractivity contribution in [3.63, 3.8) is 0 Å². The highest BCUT2D eigenvalue weighted by atomic mass is 14.1. The smallest absolute Gasteiger partial charge is 0.0276 e. The van der Waals surface area contributed by atoms with Crippen LogP contribution in [0.2, 0.25) is 0 Å². The Balaban J connectivity index is 2.48. The number of unbranched alkanes of at least 4 members (excludes halogenated alkanes) is 4. The average Bonchev–Trinajstić information content (AvgIpc) is 2.33. The van der Waals surface area contributed by atoms with E-state index in [0.29, 0.717) is 0 Å². The summed E-state index contributed by atoms with van der Waals surface area (Å²) in [5.74, 6) is 0. The Bertz CT molecular complexity index is 312. The quantitative estimate of drug-likeness (QED) is 0.522. The molecule has 0 saturated heterocycles. The van der Waals surface area contributed by atoms with Gasteiger partial charge in [0, 0.05) is 0 Å². The molecule has 17 heavy (non-hydrogen) atoms. The molecule has 96 valence electrons. The third kappa shape index (κ3) is 4.93. The Hall–Kier alpha value is -0.780. The highest BCUT2D eigenvalue weighted by Crippen LogP contribution is 2.19. The molecule has 0 radical (unpaired) electrons. The van der Waals surface area contributed by atoms with Crippen molar-refractivity contribution in [3.8, 4) is 0 Å². The maximum absolute atomic E-state index is 2.33. The lowest BCUT2D eigenvalue weighted by Crippen LogP contribution is -1.97. The zero-order valence-electron chi connectivity index (χ0n) is 11.9. The molecule has 0 aromatic heterocycles. The van der Waals surface area contributed by atoms with Crippen LogP contribution in [0, 0.1) is 6.92 Å². The molecule has 0 bridgehead atoms. The van der Waals surface area contributed by atoms with Crippen molar-refractivity contribution in [2.75, 3.05) is 0 Å². The molecular formula is C17H28. The van der Waals surface area contributed by atoms with Crippen LogP contribution in [0.5, 0.6) is 0 Å². The van der Waals surface area contributed by atoms with Crippen LogP contribution in [0.3, 0.4) is 0 Å². The summed E-state index contributed by atoms with van der Waals surface area (Å²) in [5, 5.41) is 0. The second-order valence-corrected chi connectivity index (χ2v) is 5.13. The van der Waals surface area contributed by atoms with Gasteiger partial charge in [-0.25, -0.2) is 0 Å². The zero-order valence-corrected chi connectivity index (χ0v) is 11.9. The van der Waals surface area contributed by atoms with Crippen molar-refractivity contribution >= 4 is 0 Å². The summed E-state index contributed by atoms with van der Waals surface area (Å²) in [6, 6.07) is 6.80. The molecule has 0 heterocycles. The Morgan fingerprint density at radius 1 is 0.824 bits per heavy atom. The first kappa shape index (κ1) is 14.3. The van der Waals surface area contributed by atoms with E-state index in [4.69, 9.17) is 0 Å². The molecule has 0 aliphatic heterocycles.